The van der Waals surface area contributed by atoms with Crippen LogP contribution in [0.3, 0.4) is 0 Å². The van der Waals surface area contributed by atoms with Crippen LogP contribution in [0.4, 0.5) is 21.0 Å². The predicted molar refractivity (Wildman–Crippen MR) is 89.7 cm³/mol. The molecule has 2 N–H and O–H groups in total. The first-order chi connectivity index (χ1) is 11.6. The molecule has 2 amide bonds. The van der Waals surface area contributed by atoms with Gasteiger partial charge in [0.1, 0.15) is 11.5 Å². The van der Waals surface area contributed by atoms with Crippen LogP contribution in [0.2, 0.25) is 0 Å². The molecule has 2 aromatic rings. The Hall–Kier alpha value is -3.22. The molecule has 0 saturated heterocycles. The SMILES string of the molecule is CCOC(=O)Oc1ccc(NC(=O)Nc2cccc(OC)c2)cc1. The van der Waals surface area contributed by atoms with Crippen molar-refractivity contribution in [2.45, 2.75) is 6.92 Å². The van der Waals surface area contributed by atoms with Gasteiger partial charge in [-0.2, -0.15) is 0 Å². The Balaban J connectivity index is 1.90. The minimum absolute atomic E-state index is 0.239. The Morgan fingerprint density at radius 1 is 0.958 bits per heavy atom. The second kappa shape index (κ2) is 8.42. The minimum Gasteiger partial charge on any atom is -0.497 e. The smallest absolute Gasteiger partial charge is 0.497 e. The quantitative estimate of drug-likeness (QED) is 0.642. The van der Waals surface area contributed by atoms with E-state index in [4.69, 9.17) is 9.47 Å². The number of amides is 2. The number of hydrogen-bond acceptors (Lipinski definition) is 5. The Kier molecular flexibility index (Phi) is 6.01. The lowest BCUT2D eigenvalue weighted by molar-refractivity contribution is 0.104. The van der Waals surface area contributed by atoms with E-state index in [0.29, 0.717) is 22.9 Å². The summed E-state index contributed by atoms with van der Waals surface area (Å²) in [4.78, 5) is 23.2. The second-order valence-electron chi connectivity index (χ2n) is 4.62. The maximum Gasteiger partial charge on any atom is 0.513 e. The van der Waals surface area contributed by atoms with Gasteiger partial charge < -0.3 is 24.8 Å². The van der Waals surface area contributed by atoms with E-state index in [1.54, 1.807) is 62.6 Å². The summed E-state index contributed by atoms with van der Waals surface area (Å²) in [5, 5.41) is 5.36. The largest absolute Gasteiger partial charge is 0.513 e. The molecule has 7 heteroatoms. The van der Waals surface area contributed by atoms with E-state index in [0.717, 1.165) is 0 Å². The van der Waals surface area contributed by atoms with Crippen molar-refractivity contribution in [3.63, 3.8) is 0 Å². The monoisotopic (exact) mass is 330 g/mol. The van der Waals surface area contributed by atoms with Gasteiger partial charge >= 0.3 is 12.2 Å². The Labute approximate surface area is 139 Å². The molecule has 126 valence electrons. The molecule has 0 aliphatic heterocycles. The van der Waals surface area contributed by atoms with Crippen molar-refractivity contribution >= 4 is 23.6 Å². The molecule has 7 nitrogen and oxygen atoms in total. The van der Waals surface area contributed by atoms with Crippen LogP contribution in [0.1, 0.15) is 6.92 Å². The first kappa shape index (κ1) is 17.1. The maximum atomic E-state index is 12.0. The van der Waals surface area contributed by atoms with Gasteiger partial charge in [0.25, 0.3) is 0 Å². The fraction of sp³-hybridized carbons (Fsp3) is 0.176. The zero-order chi connectivity index (χ0) is 17.4. The van der Waals surface area contributed by atoms with E-state index in [1.807, 2.05) is 0 Å². The van der Waals surface area contributed by atoms with E-state index in [1.165, 1.54) is 0 Å². The molecule has 0 spiro atoms. The first-order valence-corrected chi connectivity index (χ1v) is 7.27. The van der Waals surface area contributed by atoms with E-state index >= 15 is 0 Å². The Bertz CT molecular complexity index is 700. The van der Waals surface area contributed by atoms with Crippen LogP contribution in [0.15, 0.2) is 48.5 Å². The number of carbonyl (C=O) groups is 2. The lowest BCUT2D eigenvalue weighted by Crippen LogP contribution is -2.19. The van der Waals surface area contributed by atoms with E-state index in [-0.39, 0.29) is 6.61 Å². The summed E-state index contributed by atoms with van der Waals surface area (Å²) in [7, 11) is 1.55. The Morgan fingerprint density at radius 2 is 1.67 bits per heavy atom. The number of hydrogen-bond donors (Lipinski definition) is 2. The van der Waals surface area contributed by atoms with Gasteiger partial charge in [-0.25, -0.2) is 9.59 Å². The lowest BCUT2D eigenvalue weighted by atomic mass is 10.3. The van der Waals surface area contributed by atoms with Gasteiger partial charge in [0.15, 0.2) is 0 Å². The third-order valence-corrected chi connectivity index (χ3v) is 2.90. The van der Waals surface area contributed by atoms with Crippen LogP contribution in [0, 0.1) is 0 Å². The highest BCUT2D eigenvalue weighted by molar-refractivity contribution is 5.99. The zero-order valence-electron chi connectivity index (χ0n) is 13.4. The number of nitrogens with one attached hydrogen (secondary N) is 2. The highest BCUT2D eigenvalue weighted by Crippen LogP contribution is 2.18. The fourth-order valence-corrected chi connectivity index (χ4v) is 1.84. The fourth-order valence-electron chi connectivity index (χ4n) is 1.84. The molecule has 0 fully saturated rings. The molecule has 0 bridgehead atoms. The summed E-state index contributed by atoms with van der Waals surface area (Å²) < 4.78 is 14.7. The summed E-state index contributed by atoms with van der Waals surface area (Å²) >= 11 is 0. The average molecular weight is 330 g/mol. The van der Waals surface area contributed by atoms with Gasteiger partial charge in [0, 0.05) is 17.4 Å². The van der Waals surface area contributed by atoms with Crippen LogP contribution in [-0.2, 0) is 4.74 Å². The van der Waals surface area contributed by atoms with Crippen molar-refractivity contribution in [2.75, 3.05) is 24.4 Å². The molecule has 2 aromatic carbocycles. The summed E-state index contributed by atoms with van der Waals surface area (Å²) in [5.74, 6) is 0.973. The van der Waals surface area contributed by atoms with Gasteiger partial charge in [-0.3, -0.25) is 0 Å². The van der Waals surface area contributed by atoms with E-state index < -0.39 is 12.2 Å². The van der Waals surface area contributed by atoms with E-state index in [9.17, 15) is 9.59 Å². The van der Waals surface area contributed by atoms with E-state index in [2.05, 4.69) is 15.4 Å². The van der Waals surface area contributed by atoms with Gasteiger partial charge in [0.2, 0.25) is 0 Å². The number of benzene rings is 2. The molecule has 0 aliphatic carbocycles. The minimum atomic E-state index is -0.769. The molecule has 24 heavy (non-hydrogen) atoms. The molecular formula is C17H18N2O5. The molecule has 0 atom stereocenters. The summed E-state index contributed by atoms with van der Waals surface area (Å²) in [6.45, 7) is 1.93. The maximum absolute atomic E-state index is 12.0. The zero-order valence-corrected chi connectivity index (χ0v) is 13.4. The number of anilines is 2. The second-order valence-corrected chi connectivity index (χ2v) is 4.62. The molecule has 0 unspecified atom stereocenters. The summed E-state index contributed by atoms with van der Waals surface area (Å²) in [5.41, 5.74) is 1.15. The summed E-state index contributed by atoms with van der Waals surface area (Å²) in [6.07, 6.45) is -0.769. The molecule has 0 aromatic heterocycles. The van der Waals surface area contributed by atoms with Crippen molar-refractivity contribution in [3.05, 3.63) is 48.5 Å². The van der Waals surface area contributed by atoms with Crippen molar-refractivity contribution < 1.29 is 23.8 Å². The number of rotatable bonds is 5. The number of urea groups is 1. The lowest BCUT2D eigenvalue weighted by Gasteiger charge is -2.09. The third kappa shape index (κ3) is 5.20. The van der Waals surface area contributed by atoms with Gasteiger partial charge in [-0.1, -0.05) is 6.07 Å². The molecular weight excluding hydrogens is 312 g/mol. The van der Waals surface area contributed by atoms with Crippen LogP contribution in [0.25, 0.3) is 0 Å². The predicted octanol–water partition coefficient (Wildman–Crippen LogP) is 3.87. The first-order valence-electron chi connectivity index (χ1n) is 7.27. The van der Waals surface area contributed by atoms with Gasteiger partial charge in [-0.15, -0.1) is 0 Å². The normalized spacial score (nSPS) is 9.75. The number of ether oxygens (including phenoxy) is 3. The number of carbonyl (C=O) groups excluding carboxylic acids is 2. The van der Waals surface area contributed by atoms with Gasteiger partial charge in [0.05, 0.1) is 13.7 Å². The van der Waals surface area contributed by atoms with Crippen LogP contribution in [-0.4, -0.2) is 25.9 Å². The topological polar surface area (TPSA) is 85.9 Å². The molecule has 0 saturated carbocycles. The van der Waals surface area contributed by atoms with Crippen LogP contribution < -0.4 is 20.1 Å². The van der Waals surface area contributed by atoms with Crippen molar-refractivity contribution in [1.29, 1.82) is 0 Å². The average Bonchev–Trinajstić information content (AvgIpc) is 2.57. The summed E-state index contributed by atoms with van der Waals surface area (Å²) in [6, 6.07) is 12.9. The van der Waals surface area contributed by atoms with Crippen LogP contribution in [0.5, 0.6) is 11.5 Å². The van der Waals surface area contributed by atoms with Gasteiger partial charge in [-0.05, 0) is 43.3 Å². The van der Waals surface area contributed by atoms with Crippen molar-refractivity contribution in [2.24, 2.45) is 0 Å². The molecule has 0 heterocycles. The molecule has 2 rings (SSSR count). The van der Waals surface area contributed by atoms with Crippen molar-refractivity contribution in [3.8, 4) is 11.5 Å². The highest BCUT2D eigenvalue weighted by Gasteiger charge is 2.06. The van der Waals surface area contributed by atoms with Crippen molar-refractivity contribution in [1.82, 2.24) is 0 Å². The van der Waals surface area contributed by atoms with Crippen LogP contribution >= 0.6 is 0 Å². The standard InChI is InChI=1S/C17H18N2O5/c1-3-23-17(21)24-14-9-7-12(8-10-14)18-16(20)19-13-5-4-6-15(11-13)22-2/h4-11H,3H2,1-2H3,(H2,18,19,20). The molecule has 0 radical (unpaired) electrons. The third-order valence-electron chi connectivity index (χ3n) is 2.90. The highest BCUT2D eigenvalue weighted by atomic mass is 16.7. The Morgan fingerprint density at radius 3 is 2.33 bits per heavy atom. The number of methoxy groups -OCH3 is 1. The molecule has 0 aliphatic rings.